The molecule has 0 spiro atoms. The first kappa shape index (κ1) is 11.3. The van der Waals surface area contributed by atoms with Gasteiger partial charge in [-0.25, -0.2) is 0 Å². The van der Waals surface area contributed by atoms with Crippen molar-refractivity contribution in [3.05, 3.63) is 0 Å². The van der Waals surface area contributed by atoms with Gasteiger partial charge in [-0.3, -0.25) is 4.90 Å². The first-order valence-corrected chi connectivity index (χ1v) is 6.68. The van der Waals surface area contributed by atoms with E-state index < -0.39 is 0 Å². The summed E-state index contributed by atoms with van der Waals surface area (Å²) in [6.07, 6.45) is 8.00. The van der Waals surface area contributed by atoms with E-state index in [0.29, 0.717) is 22.2 Å². The molecule has 3 fully saturated rings. The van der Waals surface area contributed by atoms with Crippen LogP contribution in [0, 0.1) is 18.3 Å². The van der Waals surface area contributed by atoms with E-state index in [2.05, 4.69) is 10.8 Å². The van der Waals surface area contributed by atoms with E-state index in [0.717, 1.165) is 6.54 Å². The second-order valence-electron chi connectivity index (χ2n) is 4.04. The highest BCUT2D eigenvalue weighted by atomic mass is 32.2. The maximum atomic E-state index is 5.78. The largest absolute Gasteiger partial charge is 0.474 e. The molecule has 0 unspecified atom stereocenters. The molecule has 0 N–H and O–H groups in total. The summed E-state index contributed by atoms with van der Waals surface area (Å²) in [5.74, 6) is 3.87. The Morgan fingerprint density at radius 2 is 2.27 bits per heavy atom. The van der Waals surface area contributed by atoms with Crippen LogP contribution in [0.2, 0.25) is 0 Å². The molecule has 3 heterocycles. The standard InChI is InChI=1S/C11H15NOS2/c1-2-7-15-11(14)13-10-8-12-5-3-9(10)4-6-12/h1,9-10H,3-8H2/t10-/m1/s1. The minimum atomic E-state index is 0.310. The third-order valence-electron chi connectivity index (χ3n) is 3.12. The number of rotatable bonds is 2. The Hall–Kier alpha value is -0.240. The van der Waals surface area contributed by atoms with Gasteiger partial charge in [0.1, 0.15) is 6.10 Å². The minimum absolute atomic E-state index is 0.310. The average Bonchev–Trinajstić information content (AvgIpc) is 2.28. The first-order chi connectivity index (χ1) is 7.29. The van der Waals surface area contributed by atoms with Gasteiger partial charge < -0.3 is 4.74 Å². The number of thiocarbonyl (C=S) groups is 1. The summed E-state index contributed by atoms with van der Waals surface area (Å²) in [7, 11) is 0. The van der Waals surface area contributed by atoms with Crippen molar-refractivity contribution in [1.29, 1.82) is 0 Å². The Bertz CT molecular complexity index is 279. The lowest BCUT2D eigenvalue weighted by molar-refractivity contribution is -0.0106. The molecule has 0 aromatic rings. The molecular formula is C11H15NOS2. The summed E-state index contributed by atoms with van der Waals surface area (Å²) < 4.78 is 6.40. The Kier molecular flexibility index (Phi) is 3.90. The van der Waals surface area contributed by atoms with Crippen molar-refractivity contribution in [2.75, 3.05) is 25.4 Å². The lowest BCUT2D eigenvalue weighted by atomic mass is 9.86. The predicted molar refractivity (Wildman–Crippen MR) is 67.9 cm³/mol. The first-order valence-electron chi connectivity index (χ1n) is 5.29. The zero-order valence-corrected chi connectivity index (χ0v) is 10.3. The molecule has 3 aliphatic heterocycles. The van der Waals surface area contributed by atoms with Gasteiger partial charge in [0.25, 0.3) is 0 Å². The smallest absolute Gasteiger partial charge is 0.221 e. The van der Waals surface area contributed by atoms with Gasteiger partial charge in [0.15, 0.2) is 0 Å². The number of fused-ring (bicyclic) bond motifs is 3. The highest BCUT2D eigenvalue weighted by Crippen LogP contribution is 2.30. The molecule has 3 saturated heterocycles. The molecule has 0 radical (unpaired) electrons. The average molecular weight is 241 g/mol. The fourth-order valence-corrected chi connectivity index (χ4v) is 3.00. The van der Waals surface area contributed by atoms with Crippen LogP contribution in [-0.2, 0) is 4.74 Å². The number of hydrogen-bond donors (Lipinski definition) is 0. The molecule has 0 aromatic carbocycles. The predicted octanol–water partition coefficient (Wildman–Crippen LogP) is 1.75. The number of ether oxygens (including phenoxy) is 1. The van der Waals surface area contributed by atoms with Crippen molar-refractivity contribution in [2.24, 2.45) is 5.92 Å². The van der Waals surface area contributed by atoms with Crippen LogP contribution in [0.5, 0.6) is 0 Å². The van der Waals surface area contributed by atoms with Crippen molar-refractivity contribution in [2.45, 2.75) is 18.9 Å². The van der Waals surface area contributed by atoms with Gasteiger partial charge in [-0.05, 0) is 44.1 Å². The molecule has 15 heavy (non-hydrogen) atoms. The van der Waals surface area contributed by atoms with Crippen molar-refractivity contribution in [3.63, 3.8) is 0 Å². The van der Waals surface area contributed by atoms with Crippen LogP contribution >= 0.6 is 24.0 Å². The third kappa shape index (κ3) is 2.87. The van der Waals surface area contributed by atoms with Crippen LogP contribution in [0.15, 0.2) is 0 Å². The second-order valence-corrected chi connectivity index (χ2v) is 5.61. The summed E-state index contributed by atoms with van der Waals surface area (Å²) in [6, 6.07) is 0. The summed E-state index contributed by atoms with van der Waals surface area (Å²) in [5, 5.41) is 0. The van der Waals surface area contributed by atoms with E-state index >= 15 is 0 Å². The molecule has 0 aliphatic carbocycles. The number of hydrogen-bond acceptors (Lipinski definition) is 4. The summed E-state index contributed by atoms with van der Waals surface area (Å²) >= 11 is 6.59. The van der Waals surface area contributed by atoms with E-state index in [1.807, 2.05) is 0 Å². The molecule has 0 aromatic heterocycles. The molecule has 3 aliphatic rings. The topological polar surface area (TPSA) is 12.5 Å². The number of nitrogens with zero attached hydrogens (tertiary/aromatic N) is 1. The van der Waals surface area contributed by atoms with Crippen molar-refractivity contribution >= 4 is 28.4 Å². The monoisotopic (exact) mass is 241 g/mol. The van der Waals surface area contributed by atoms with Gasteiger partial charge in [0.05, 0.1) is 5.75 Å². The summed E-state index contributed by atoms with van der Waals surface area (Å²) in [4.78, 5) is 2.46. The quantitative estimate of drug-likeness (QED) is 0.539. The molecule has 3 rings (SSSR count). The van der Waals surface area contributed by atoms with Crippen LogP contribution in [0.4, 0.5) is 0 Å². The van der Waals surface area contributed by atoms with Crippen molar-refractivity contribution < 1.29 is 4.74 Å². The summed E-state index contributed by atoms with van der Waals surface area (Å²) in [5.41, 5.74) is 0. The van der Waals surface area contributed by atoms with Gasteiger partial charge in [0.2, 0.25) is 4.38 Å². The van der Waals surface area contributed by atoms with E-state index in [-0.39, 0.29) is 0 Å². The fourth-order valence-electron chi connectivity index (χ4n) is 2.30. The molecular weight excluding hydrogens is 226 g/mol. The van der Waals surface area contributed by atoms with Gasteiger partial charge in [-0.15, -0.1) is 6.42 Å². The zero-order chi connectivity index (χ0) is 10.7. The summed E-state index contributed by atoms with van der Waals surface area (Å²) in [6.45, 7) is 3.50. The number of terminal acetylenes is 1. The maximum Gasteiger partial charge on any atom is 0.221 e. The Morgan fingerprint density at radius 3 is 2.80 bits per heavy atom. The SMILES string of the molecule is C#CCSC(=S)O[C@@H]1CN2CCC1CC2. The van der Waals surface area contributed by atoms with Crippen molar-refractivity contribution in [3.8, 4) is 12.3 Å². The molecule has 82 valence electrons. The maximum absolute atomic E-state index is 5.78. The second kappa shape index (κ2) is 5.20. The minimum Gasteiger partial charge on any atom is -0.474 e. The number of piperidine rings is 3. The molecule has 1 atom stereocenters. The number of thioether (sulfide) groups is 1. The zero-order valence-electron chi connectivity index (χ0n) is 8.65. The lowest BCUT2D eigenvalue weighted by Gasteiger charge is -2.44. The molecule has 0 amide bonds. The van der Waals surface area contributed by atoms with E-state index in [9.17, 15) is 0 Å². The normalized spacial score (nSPS) is 33.4. The van der Waals surface area contributed by atoms with Gasteiger partial charge in [0, 0.05) is 6.54 Å². The van der Waals surface area contributed by atoms with Gasteiger partial charge >= 0.3 is 0 Å². The molecule has 2 bridgehead atoms. The van der Waals surface area contributed by atoms with Crippen LogP contribution in [-0.4, -0.2) is 40.8 Å². The van der Waals surface area contributed by atoms with Crippen LogP contribution < -0.4 is 0 Å². The van der Waals surface area contributed by atoms with E-state index in [1.165, 1.54) is 37.7 Å². The molecule has 0 saturated carbocycles. The van der Waals surface area contributed by atoms with Crippen LogP contribution in [0.25, 0.3) is 0 Å². The third-order valence-corrected chi connectivity index (χ3v) is 4.21. The van der Waals surface area contributed by atoms with E-state index in [4.69, 9.17) is 23.4 Å². The Balaban J connectivity index is 1.80. The van der Waals surface area contributed by atoms with Gasteiger partial charge in [-0.1, -0.05) is 17.7 Å². The molecule has 4 heteroatoms. The van der Waals surface area contributed by atoms with Crippen LogP contribution in [0.1, 0.15) is 12.8 Å². The van der Waals surface area contributed by atoms with Crippen molar-refractivity contribution in [1.82, 2.24) is 4.90 Å². The lowest BCUT2D eigenvalue weighted by Crippen LogP contribution is -2.51. The fraction of sp³-hybridized carbons (Fsp3) is 0.727. The Labute approximate surface area is 101 Å². The molecule has 2 nitrogen and oxygen atoms in total. The van der Waals surface area contributed by atoms with Gasteiger partial charge in [-0.2, -0.15) is 0 Å². The van der Waals surface area contributed by atoms with E-state index in [1.54, 1.807) is 0 Å². The highest BCUT2D eigenvalue weighted by Gasteiger charge is 2.35. The highest BCUT2D eigenvalue weighted by molar-refractivity contribution is 8.22. The Morgan fingerprint density at radius 1 is 1.53 bits per heavy atom. The van der Waals surface area contributed by atoms with Crippen LogP contribution in [0.3, 0.4) is 0 Å².